The minimum Gasteiger partial charge on any atom is -0.458 e. The van der Waals surface area contributed by atoms with Gasteiger partial charge >= 0.3 is 5.97 Å². The van der Waals surface area contributed by atoms with Crippen LogP contribution < -0.4 is 5.32 Å². The summed E-state index contributed by atoms with van der Waals surface area (Å²) >= 11 is 0. The summed E-state index contributed by atoms with van der Waals surface area (Å²) in [6.07, 6.45) is 14.7. The molecule has 3 fully saturated rings. The van der Waals surface area contributed by atoms with Crippen LogP contribution in [-0.2, 0) is 23.9 Å². The second-order valence-corrected chi connectivity index (χ2v) is 13.4. The Kier molecular flexibility index (Phi) is 8.46. The van der Waals surface area contributed by atoms with E-state index < -0.39 is 40.9 Å². The second-order valence-electron chi connectivity index (χ2n) is 13.4. The number of carbonyl (C=O) groups is 4. The monoisotopic (exact) mass is 567 g/mol. The number of rotatable bonds is 9. The quantitative estimate of drug-likeness (QED) is 0.285. The van der Waals surface area contributed by atoms with E-state index in [1.807, 2.05) is 13.0 Å². The number of fused-ring (bicyclic) bond motifs is 5. The number of allylic oxidation sites excluding steroid dienone is 5. The highest BCUT2D eigenvalue weighted by Gasteiger charge is 2.68. The van der Waals surface area contributed by atoms with E-state index in [1.165, 1.54) is 18.4 Å². The van der Waals surface area contributed by atoms with Crippen molar-refractivity contribution in [2.75, 3.05) is 13.2 Å². The van der Waals surface area contributed by atoms with Gasteiger partial charge in [0.2, 0.25) is 11.7 Å². The lowest BCUT2D eigenvalue weighted by Crippen LogP contribution is -2.61. The molecule has 1 amide bonds. The van der Waals surface area contributed by atoms with Gasteiger partial charge in [-0.1, -0.05) is 37.1 Å². The zero-order valence-electron chi connectivity index (χ0n) is 24.5. The Morgan fingerprint density at radius 2 is 1.93 bits per heavy atom. The second kappa shape index (κ2) is 11.6. The van der Waals surface area contributed by atoms with Crippen LogP contribution in [0.2, 0.25) is 0 Å². The Labute approximate surface area is 242 Å². The van der Waals surface area contributed by atoms with Crippen LogP contribution in [0.15, 0.2) is 35.5 Å². The first-order chi connectivity index (χ1) is 19.5. The van der Waals surface area contributed by atoms with Gasteiger partial charge in [-0.2, -0.15) is 0 Å². The highest BCUT2D eigenvalue weighted by molar-refractivity contribution is 6.01. The van der Waals surface area contributed by atoms with E-state index >= 15 is 0 Å². The molecule has 5 aliphatic rings. The molecule has 8 heteroatoms. The van der Waals surface area contributed by atoms with Gasteiger partial charge in [0.15, 0.2) is 12.4 Å². The average Bonchev–Trinajstić information content (AvgIpc) is 3.22. The van der Waals surface area contributed by atoms with Gasteiger partial charge in [-0.25, -0.2) is 0 Å². The summed E-state index contributed by atoms with van der Waals surface area (Å²) in [5.74, 6) is -1.40. The van der Waals surface area contributed by atoms with Gasteiger partial charge in [0.05, 0.1) is 12.5 Å². The van der Waals surface area contributed by atoms with Crippen LogP contribution in [-0.4, -0.2) is 58.5 Å². The Balaban J connectivity index is 1.14. The van der Waals surface area contributed by atoms with Gasteiger partial charge in [0.1, 0.15) is 5.60 Å². The lowest BCUT2D eigenvalue weighted by molar-refractivity contribution is -0.181. The first-order valence-corrected chi connectivity index (χ1v) is 15.5. The molecule has 3 saturated carbocycles. The van der Waals surface area contributed by atoms with Crippen molar-refractivity contribution in [1.82, 2.24) is 5.32 Å². The molecule has 0 bridgehead atoms. The summed E-state index contributed by atoms with van der Waals surface area (Å²) < 4.78 is 5.24. The molecule has 0 heterocycles. The largest absolute Gasteiger partial charge is 0.458 e. The average molecular weight is 568 g/mol. The van der Waals surface area contributed by atoms with Crippen molar-refractivity contribution in [3.8, 4) is 0 Å². The number of Topliss-reactive ketones (excluding diaryl/α,β-unsaturated/α-hetero) is 1. The van der Waals surface area contributed by atoms with Crippen molar-refractivity contribution in [1.29, 1.82) is 0 Å². The van der Waals surface area contributed by atoms with Gasteiger partial charge < -0.3 is 20.3 Å². The predicted octanol–water partition coefficient (Wildman–Crippen LogP) is 3.90. The molecule has 5 aliphatic carbocycles. The molecule has 0 aromatic rings. The highest BCUT2D eigenvalue weighted by Crippen LogP contribution is 2.67. The number of aliphatic hydroxyl groups is 2. The molecule has 3 N–H and O–H groups in total. The zero-order chi connectivity index (χ0) is 29.4. The number of hydrogen-bond donors (Lipinski definition) is 3. The predicted molar refractivity (Wildman–Crippen MR) is 152 cm³/mol. The number of hydrogen-bond acceptors (Lipinski definition) is 7. The highest BCUT2D eigenvalue weighted by atomic mass is 16.5. The smallest absolute Gasteiger partial charge is 0.306 e. The minimum atomic E-state index is -1.70. The molecular weight excluding hydrogens is 522 g/mol. The number of ketones is 2. The molecule has 0 spiro atoms. The molecule has 0 radical (unpaired) electrons. The molecule has 41 heavy (non-hydrogen) atoms. The van der Waals surface area contributed by atoms with Gasteiger partial charge in [-0.3, -0.25) is 19.2 Å². The number of nitrogens with one attached hydrogen (secondary N) is 1. The molecule has 0 aliphatic heterocycles. The van der Waals surface area contributed by atoms with E-state index in [9.17, 15) is 29.4 Å². The topological polar surface area (TPSA) is 130 Å². The van der Waals surface area contributed by atoms with Gasteiger partial charge in [-0.15, -0.1) is 0 Å². The first kappa shape index (κ1) is 29.9. The Morgan fingerprint density at radius 3 is 2.68 bits per heavy atom. The Morgan fingerprint density at radius 1 is 1.12 bits per heavy atom. The third kappa shape index (κ3) is 5.50. The van der Waals surface area contributed by atoms with Crippen LogP contribution >= 0.6 is 0 Å². The number of ether oxygens (including phenoxy) is 1. The molecule has 0 aromatic heterocycles. The fraction of sp³-hybridized carbons (Fsp3) is 0.697. The summed E-state index contributed by atoms with van der Waals surface area (Å²) in [6, 6.07) is 0. The maximum Gasteiger partial charge on any atom is 0.306 e. The standard InChI is InChI=1S/C33H45NO7/c1-31-15-12-23(35)18-22(31)8-9-24-25-13-16-33(40,32(25,2)19-26(36)30(24)31)27(37)20-41-29(39)11-10-28(38)34-17-14-21-6-4-3-5-7-21/h6,12,15,18,24-26,30,36,40H,3-5,7-11,13-14,16-17,19-20H2,1-2H3,(H,34,38)/t24-,25-,26-,30-,31-,32-,33-/m0/s1. The Bertz CT molecular complexity index is 1190. The van der Waals surface area contributed by atoms with Crippen molar-refractivity contribution < 1.29 is 34.1 Å². The maximum atomic E-state index is 13.4. The fourth-order valence-electron chi connectivity index (χ4n) is 8.92. The van der Waals surface area contributed by atoms with Crippen LogP contribution in [0.25, 0.3) is 0 Å². The summed E-state index contributed by atoms with van der Waals surface area (Å²) in [7, 11) is 0. The third-order valence-corrected chi connectivity index (χ3v) is 11.2. The van der Waals surface area contributed by atoms with Crippen LogP contribution in [0.5, 0.6) is 0 Å². The molecular formula is C33H45NO7. The van der Waals surface area contributed by atoms with E-state index in [-0.39, 0.29) is 55.1 Å². The Hall–Kier alpha value is -2.58. The van der Waals surface area contributed by atoms with Crippen molar-refractivity contribution in [2.24, 2.45) is 28.6 Å². The van der Waals surface area contributed by atoms with Crippen molar-refractivity contribution in [3.05, 3.63) is 35.5 Å². The molecule has 0 aromatic carbocycles. The van der Waals surface area contributed by atoms with Crippen molar-refractivity contribution in [3.63, 3.8) is 0 Å². The molecule has 7 atom stereocenters. The number of amides is 1. The first-order valence-electron chi connectivity index (χ1n) is 15.5. The zero-order valence-corrected chi connectivity index (χ0v) is 24.5. The maximum absolute atomic E-state index is 13.4. The van der Waals surface area contributed by atoms with Crippen molar-refractivity contribution >= 4 is 23.4 Å². The summed E-state index contributed by atoms with van der Waals surface area (Å²) in [4.78, 5) is 50.0. The van der Waals surface area contributed by atoms with Gasteiger partial charge in [0.25, 0.3) is 0 Å². The SMILES string of the molecule is C[C@]12C=CC(=O)C=C1CC[C@@H]1[C@H]2[C@@H](O)C[C@@]2(C)[C@H]1CC[C@]2(O)C(=O)COC(=O)CCC(=O)NCCC1=CCCCC1. The molecule has 8 nitrogen and oxygen atoms in total. The molecule has 224 valence electrons. The van der Waals surface area contributed by atoms with Crippen LogP contribution in [0, 0.1) is 28.6 Å². The lowest BCUT2D eigenvalue weighted by atomic mass is 9.46. The van der Waals surface area contributed by atoms with Crippen LogP contribution in [0.1, 0.15) is 90.9 Å². The summed E-state index contributed by atoms with van der Waals surface area (Å²) in [5.41, 5.74) is -0.545. The number of carbonyl (C=O) groups excluding carboxylic acids is 4. The molecule has 0 unspecified atom stereocenters. The molecule has 5 rings (SSSR count). The van der Waals surface area contributed by atoms with E-state index in [2.05, 4.69) is 18.3 Å². The summed E-state index contributed by atoms with van der Waals surface area (Å²) in [5, 5.41) is 26.1. The third-order valence-electron chi connectivity index (χ3n) is 11.2. The van der Waals surface area contributed by atoms with E-state index in [4.69, 9.17) is 4.74 Å². The fourth-order valence-corrected chi connectivity index (χ4v) is 8.92. The van der Waals surface area contributed by atoms with E-state index in [0.717, 1.165) is 37.7 Å². The lowest BCUT2D eigenvalue weighted by Gasteiger charge is -2.59. The summed E-state index contributed by atoms with van der Waals surface area (Å²) in [6.45, 7) is 3.98. The van der Waals surface area contributed by atoms with Crippen LogP contribution in [0.4, 0.5) is 0 Å². The number of aliphatic hydroxyl groups excluding tert-OH is 1. The van der Waals surface area contributed by atoms with E-state index in [0.29, 0.717) is 13.0 Å². The molecule has 0 saturated heterocycles. The van der Waals surface area contributed by atoms with Gasteiger partial charge in [-0.05, 0) is 88.2 Å². The minimum absolute atomic E-state index is 0.0133. The van der Waals surface area contributed by atoms with Crippen molar-refractivity contribution in [2.45, 2.75) is 103 Å². The number of esters is 1. The van der Waals surface area contributed by atoms with Crippen LogP contribution in [0.3, 0.4) is 0 Å². The normalized spacial score (nSPS) is 37.7. The van der Waals surface area contributed by atoms with Gasteiger partial charge in [0, 0.05) is 29.7 Å². The van der Waals surface area contributed by atoms with E-state index in [1.54, 1.807) is 12.2 Å².